The molecule has 1 aliphatic heterocycles. The number of benzene rings is 1. The second-order valence-corrected chi connectivity index (χ2v) is 5.65. The molecule has 1 saturated heterocycles. The molecule has 1 atom stereocenters. The molecule has 0 aliphatic carbocycles. The zero-order valence-electron chi connectivity index (χ0n) is 11.7. The van der Waals surface area contributed by atoms with Crippen LogP contribution in [-0.2, 0) is 20.7 Å². The number of halogens is 1. The van der Waals surface area contributed by atoms with Gasteiger partial charge >= 0.3 is 5.97 Å². The first kappa shape index (κ1) is 14.9. The van der Waals surface area contributed by atoms with Crippen LogP contribution in [0.3, 0.4) is 0 Å². The molecular weight excluding hydrogens is 308 g/mol. The Morgan fingerprint density at radius 2 is 2.27 bits per heavy atom. The number of hydrogen-bond acceptors (Lipinski definition) is 3. The lowest BCUT2D eigenvalue weighted by molar-refractivity contribution is -0.159. The second-order valence-electron chi connectivity index (χ2n) is 5.22. The fourth-order valence-corrected chi connectivity index (χ4v) is 2.78. The molecule has 1 aliphatic rings. The molecule has 2 aromatic rings. The number of rotatable bonds is 3. The lowest BCUT2D eigenvalue weighted by Gasteiger charge is -2.30. The van der Waals surface area contributed by atoms with Crippen LogP contribution < -0.4 is 0 Å². The maximum atomic E-state index is 12.4. The largest absolute Gasteiger partial charge is 0.479 e. The van der Waals surface area contributed by atoms with E-state index in [-0.39, 0.29) is 25.5 Å². The van der Waals surface area contributed by atoms with E-state index in [1.807, 2.05) is 6.07 Å². The number of carbonyl (C=O) groups excluding carboxylic acids is 1. The molecule has 2 heterocycles. The van der Waals surface area contributed by atoms with Crippen molar-refractivity contribution in [3.63, 3.8) is 0 Å². The normalized spacial score (nSPS) is 18.6. The summed E-state index contributed by atoms with van der Waals surface area (Å²) in [5.41, 5.74) is 1.75. The number of carboxylic acids is 1. The van der Waals surface area contributed by atoms with Gasteiger partial charge in [0.15, 0.2) is 6.10 Å². The van der Waals surface area contributed by atoms with Gasteiger partial charge in [-0.2, -0.15) is 0 Å². The summed E-state index contributed by atoms with van der Waals surface area (Å²) in [6, 6.07) is 5.46. The van der Waals surface area contributed by atoms with Crippen molar-refractivity contribution in [1.82, 2.24) is 9.88 Å². The maximum absolute atomic E-state index is 12.4. The van der Waals surface area contributed by atoms with Crippen LogP contribution in [0.15, 0.2) is 24.4 Å². The monoisotopic (exact) mass is 322 g/mol. The Kier molecular flexibility index (Phi) is 4.04. The standard InChI is InChI=1S/C15H15ClN2O4/c16-10-1-2-11-9(7-17-12(11)6-10)5-14(19)18-3-4-22-13(8-18)15(20)21/h1-2,6-7,13,17H,3-5,8H2,(H,20,21)/t13-/m0/s1. The highest BCUT2D eigenvalue weighted by Crippen LogP contribution is 2.23. The SMILES string of the molecule is O=C(O)[C@@H]1CN(C(=O)Cc2c[nH]c3cc(Cl)ccc23)CCO1. The second kappa shape index (κ2) is 5.98. The van der Waals surface area contributed by atoms with Crippen molar-refractivity contribution >= 4 is 34.4 Å². The van der Waals surface area contributed by atoms with Gasteiger partial charge in [0.1, 0.15) is 0 Å². The first-order valence-corrected chi connectivity index (χ1v) is 7.30. The lowest BCUT2D eigenvalue weighted by Crippen LogP contribution is -2.49. The van der Waals surface area contributed by atoms with E-state index >= 15 is 0 Å². The minimum atomic E-state index is -1.04. The van der Waals surface area contributed by atoms with Crippen molar-refractivity contribution in [2.75, 3.05) is 19.7 Å². The summed E-state index contributed by atoms with van der Waals surface area (Å²) in [5, 5.41) is 10.6. The summed E-state index contributed by atoms with van der Waals surface area (Å²) >= 11 is 5.94. The van der Waals surface area contributed by atoms with E-state index in [1.165, 1.54) is 4.90 Å². The zero-order valence-corrected chi connectivity index (χ0v) is 12.5. The quantitative estimate of drug-likeness (QED) is 0.900. The van der Waals surface area contributed by atoms with Gasteiger partial charge < -0.3 is 19.7 Å². The van der Waals surface area contributed by atoms with E-state index in [9.17, 15) is 9.59 Å². The Labute approximate surface area is 131 Å². The third-order valence-corrected chi connectivity index (χ3v) is 4.00. The number of aliphatic carboxylic acids is 1. The van der Waals surface area contributed by atoms with Gasteiger partial charge in [-0.15, -0.1) is 0 Å². The summed E-state index contributed by atoms with van der Waals surface area (Å²) in [4.78, 5) is 28.0. The molecule has 1 aromatic carbocycles. The number of carboxylic acid groups (broad SMARTS) is 1. The minimum absolute atomic E-state index is 0.0857. The van der Waals surface area contributed by atoms with Crippen LogP contribution in [-0.4, -0.2) is 52.7 Å². The molecule has 0 bridgehead atoms. The Morgan fingerprint density at radius 1 is 1.45 bits per heavy atom. The summed E-state index contributed by atoms with van der Waals surface area (Å²) < 4.78 is 5.12. The molecule has 2 N–H and O–H groups in total. The average Bonchev–Trinajstić information content (AvgIpc) is 2.89. The number of carbonyl (C=O) groups is 2. The van der Waals surface area contributed by atoms with E-state index in [0.29, 0.717) is 11.6 Å². The number of ether oxygens (including phenoxy) is 1. The van der Waals surface area contributed by atoms with E-state index in [4.69, 9.17) is 21.4 Å². The van der Waals surface area contributed by atoms with Crippen LogP contribution in [0.2, 0.25) is 5.02 Å². The fourth-order valence-electron chi connectivity index (χ4n) is 2.60. The smallest absolute Gasteiger partial charge is 0.334 e. The molecule has 7 heteroatoms. The average molecular weight is 323 g/mol. The number of nitrogens with zero attached hydrogens (tertiary/aromatic N) is 1. The molecule has 0 spiro atoms. The molecule has 1 fully saturated rings. The molecular formula is C15H15ClN2O4. The molecule has 116 valence electrons. The van der Waals surface area contributed by atoms with Crippen molar-refractivity contribution in [1.29, 1.82) is 0 Å². The number of morpholine rings is 1. The number of H-pyrrole nitrogens is 1. The van der Waals surface area contributed by atoms with Gasteiger partial charge in [-0.1, -0.05) is 17.7 Å². The third kappa shape index (κ3) is 2.93. The van der Waals surface area contributed by atoms with Crippen LogP contribution in [0.1, 0.15) is 5.56 Å². The number of fused-ring (bicyclic) bond motifs is 1. The highest BCUT2D eigenvalue weighted by atomic mass is 35.5. The molecule has 1 aromatic heterocycles. The van der Waals surface area contributed by atoms with Gasteiger partial charge in [0.05, 0.1) is 19.6 Å². The van der Waals surface area contributed by atoms with Crippen molar-refractivity contribution in [3.8, 4) is 0 Å². The van der Waals surface area contributed by atoms with Gasteiger partial charge in [-0.05, 0) is 17.7 Å². The predicted octanol–water partition coefficient (Wildman–Crippen LogP) is 1.68. The number of hydrogen-bond donors (Lipinski definition) is 2. The summed E-state index contributed by atoms with van der Waals surface area (Å²) in [6.07, 6.45) is 1.06. The van der Waals surface area contributed by atoms with Gasteiger partial charge in [0.2, 0.25) is 5.91 Å². The minimum Gasteiger partial charge on any atom is -0.479 e. The first-order valence-electron chi connectivity index (χ1n) is 6.92. The summed E-state index contributed by atoms with van der Waals surface area (Å²) in [7, 11) is 0. The Balaban J connectivity index is 1.74. The van der Waals surface area contributed by atoms with Crippen molar-refractivity contribution in [3.05, 3.63) is 35.0 Å². The van der Waals surface area contributed by atoms with E-state index < -0.39 is 12.1 Å². The summed E-state index contributed by atoms with van der Waals surface area (Å²) in [5.74, 6) is -1.15. The van der Waals surface area contributed by atoms with Crippen LogP contribution in [0.5, 0.6) is 0 Å². The molecule has 0 saturated carbocycles. The first-order chi connectivity index (χ1) is 10.5. The Morgan fingerprint density at radius 3 is 3.05 bits per heavy atom. The molecule has 3 rings (SSSR count). The van der Waals surface area contributed by atoms with E-state index in [2.05, 4.69) is 4.98 Å². The number of aromatic amines is 1. The van der Waals surface area contributed by atoms with Gasteiger partial charge in [0.25, 0.3) is 0 Å². The molecule has 22 heavy (non-hydrogen) atoms. The molecule has 0 radical (unpaired) electrons. The fraction of sp³-hybridized carbons (Fsp3) is 0.333. The number of aromatic nitrogens is 1. The van der Waals surface area contributed by atoms with Crippen LogP contribution in [0.4, 0.5) is 0 Å². The van der Waals surface area contributed by atoms with Crippen molar-refractivity contribution in [2.45, 2.75) is 12.5 Å². The van der Waals surface area contributed by atoms with E-state index in [0.717, 1.165) is 16.5 Å². The highest BCUT2D eigenvalue weighted by Gasteiger charge is 2.29. The maximum Gasteiger partial charge on any atom is 0.334 e. The van der Waals surface area contributed by atoms with Crippen molar-refractivity contribution < 1.29 is 19.4 Å². The molecule has 6 nitrogen and oxygen atoms in total. The topological polar surface area (TPSA) is 82.6 Å². The zero-order chi connectivity index (χ0) is 15.7. The van der Waals surface area contributed by atoms with E-state index in [1.54, 1.807) is 18.3 Å². The number of nitrogens with one attached hydrogen (secondary N) is 1. The third-order valence-electron chi connectivity index (χ3n) is 3.77. The van der Waals surface area contributed by atoms with Gasteiger partial charge in [0, 0.05) is 28.7 Å². The van der Waals surface area contributed by atoms with Crippen LogP contribution in [0, 0.1) is 0 Å². The van der Waals surface area contributed by atoms with Crippen molar-refractivity contribution in [2.24, 2.45) is 0 Å². The van der Waals surface area contributed by atoms with Gasteiger partial charge in [-0.25, -0.2) is 4.79 Å². The molecule has 1 amide bonds. The lowest BCUT2D eigenvalue weighted by atomic mass is 10.1. The predicted molar refractivity (Wildman–Crippen MR) is 81.0 cm³/mol. The summed E-state index contributed by atoms with van der Waals surface area (Å²) in [6.45, 7) is 0.741. The van der Waals surface area contributed by atoms with Crippen LogP contribution >= 0.6 is 11.6 Å². The number of amides is 1. The molecule has 0 unspecified atom stereocenters. The Bertz CT molecular complexity index is 727. The van der Waals surface area contributed by atoms with Gasteiger partial charge in [-0.3, -0.25) is 4.79 Å². The highest BCUT2D eigenvalue weighted by molar-refractivity contribution is 6.31. The Hall–Kier alpha value is -2.05. The van der Waals surface area contributed by atoms with Crippen LogP contribution in [0.25, 0.3) is 10.9 Å².